The van der Waals surface area contributed by atoms with Gasteiger partial charge < -0.3 is 5.84 Å². The molecule has 2 aromatic heterocycles. The van der Waals surface area contributed by atoms with E-state index in [0.29, 0.717) is 5.16 Å². The lowest BCUT2D eigenvalue weighted by Crippen LogP contribution is -2.13. The Morgan fingerprint density at radius 3 is 2.69 bits per heavy atom. The molecule has 0 fully saturated rings. The first kappa shape index (κ1) is 11.3. The summed E-state index contributed by atoms with van der Waals surface area (Å²) in [6.07, 6.45) is 1.60. The first-order chi connectivity index (χ1) is 7.74. The summed E-state index contributed by atoms with van der Waals surface area (Å²) in [6, 6.07) is 0. The molecule has 2 heterocycles. The second-order valence-electron chi connectivity index (χ2n) is 3.05. The number of hydrogen-bond acceptors (Lipinski definition) is 7. The van der Waals surface area contributed by atoms with Crippen LogP contribution in [0.25, 0.3) is 0 Å². The number of nitrogen functional groups attached to an aromatic ring is 1. The molecule has 16 heavy (non-hydrogen) atoms. The first-order valence-electron chi connectivity index (χ1n) is 4.94. The largest absolute Gasteiger partial charge is 0.336 e. The standard InChI is InChI=1S/C8H12N6S2/c1-3-5-10-8(16-13-5)15-7-12-11-6(4-2)14(7)9/h3-4,9H2,1-2H3. The number of nitrogens with two attached hydrogens (primary N) is 1. The normalized spacial score (nSPS) is 10.9. The van der Waals surface area contributed by atoms with Crippen LogP contribution in [0.3, 0.4) is 0 Å². The maximum absolute atomic E-state index is 5.83. The van der Waals surface area contributed by atoms with Gasteiger partial charge in [-0.15, -0.1) is 10.2 Å². The van der Waals surface area contributed by atoms with Gasteiger partial charge in [0.15, 0.2) is 10.2 Å². The lowest BCUT2D eigenvalue weighted by molar-refractivity contribution is 0.795. The third-order valence-corrected chi connectivity index (χ3v) is 3.75. The van der Waals surface area contributed by atoms with Gasteiger partial charge in [-0.3, -0.25) is 0 Å². The zero-order valence-electron chi connectivity index (χ0n) is 9.04. The van der Waals surface area contributed by atoms with Crippen molar-refractivity contribution in [3.05, 3.63) is 11.6 Å². The Bertz CT molecular complexity index is 477. The lowest BCUT2D eigenvalue weighted by atomic mass is 10.5. The smallest absolute Gasteiger partial charge is 0.216 e. The van der Waals surface area contributed by atoms with Crippen LogP contribution in [0.15, 0.2) is 9.50 Å². The predicted molar refractivity (Wildman–Crippen MR) is 63.0 cm³/mol. The summed E-state index contributed by atoms with van der Waals surface area (Å²) in [6.45, 7) is 4.01. The van der Waals surface area contributed by atoms with Crippen LogP contribution in [0, 0.1) is 0 Å². The summed E-state index contributed by atoms with van der Waals surface area (Å²) in [4.78, 5) is 4.33. The first-order valence-corrected chi connectivity index (χ1v) is 6.53. The molecule has 0 saturated carbocycles. The van der Waals surface area contributed by atoms with Gasteiger partial charge in [0.05, 0.1) is 0 Å². The van der Waals surface area contributed by atoms with Gasteiger partial charge in [0.25, 0.3) is 0 Å². The highest BCUT2D eigenvalue weighted by Gasteiger charge is 2.12. The minimum Gasteiger partial charge on any atom is -0.336 e. The molecule has 6 nitrogen and oxygen atoms in total. The molecule has 0 amide bonds. The fourth-order valence-electron chi connectivity index (χ4n) is 1.12. The molecular formula is C8H12N6S2. The third kappa shape index (κ3) is 2.17. The predicted octanol–water partition coefficient (Wildman–Crippen LogP) is 1.12. The van der Waals surface area contributed by atoms with Crippen molar-refractivity contribution in [3.63, 3.8) is 0 Å². The second-order valence-corrected chi connectivity index (χ2v) is 5.02. The van der Waals surface area contributed by atoms with E-state index in [2.05, 4.69) is 19.6 Å². The monoisotopic (exact) mass is 256 g/mol. The Labute approximate surface area is 101 Å². The molecule has 0 aliphatic carbocycles. The fraction of sp³-hybridized carbons (Fsp3) is 0.500. The average Bonchev–Trinajstić information content (AvgIpc) is 2.88. The molecule has 2 N–H and O–H groups in total. The topological polar surface area (TPSA) is 82.5 Å². The zero-order chi connectivity index (χ0) is 11.5. The van der Waals surface area contributed by atoms with Crippen LogP contribution in [-0.4, -0.2) is 24.2 Å². The third-order valence-electron chi connectivity index (χ3n) is 2.00. The Morgan fingerprint density at radius 1 is 1.31 bits per heavy atom. The van der Waals surface area contributed by atoms with E-state index in [-0.39, 0.29) is 0 Å². The van der Waals surface area contributed by atoms with E-state index in [1.807, 2.05) is 13.8 Å². The van der Waals surface area contributed by atoms with E-state index >= 15 is 0 Å². The summed E-state index contributed by atoms with van der Waals surface area (Å²) < 4.78 is 6.54. The van der Waals surface area contributed by atoms with Gasteiger partial charge in [0.2, 0.25) is 5.16 Å². The maximum atomic E-state index is 5.83. The number of nitrogens with zero attached hydrogens (tertiary/aromatic N) is 5. The highest BCUT2D eigenvalue weighted by molar-refractivity contribution is 8.00. The summed E-state index contributed by atoms with van der Waals surface area (Å²) >= 11 is 2.76. The molecule has 0 spiro atoms. The molecule has 0 atom stereocenters. The van der Waals surface area contributed by atoms with E-state index in [0.717, 1.165) is 28.8 Å². The van der Waals surface area contributed by atoms with Crippen LogP contribution in [0.2, 0.25) is 0 Å². The Balaban J connectivity index is 2.17. The van der Waals surface area contributed by atoms with Gasteiger partial charge >= 0.3 is 0 Å². The van der Waals surface area contributed by atoms with Gasteiger partial charge in [-0.25, -0.2) is 9.66 Å². The average molecular weight is 256 g/mol. The molecule has 0 unspecified atom stereocenters. The van der Waals surface area contributed by atoms with Crippen molar-refractivity contribution in [2.75, 3.05) is 5.84 Å². The SMILES string of the molecule is CCc1nsc(Sc2nnc(CC)n2N)n1. The number of hydrogen-bond donors (Lipinski definition) is 1. The van der Waals surface area contributed by atoms with Crippen molar-refractivity contribution < 1.29 is 0 Å². The summed E-state index contributed by atoms with van der Waals surface area (Å²) in [5.74, 6) is 7.45. The molecule has 0 radical (unpaired) electrons. The van der Waals surface area contributed by atoms with Crippen LogP contribution >= 0.6 is 23.3 Å². The molecule has 0 aliphatic rings. The lowest BCUT2D eigenvalue weighted by Gasteiger charge is -1.98. The summed E-state index contributed by atoms with van der Waals surface area (Å²) in [5.41, 5.74) is 0. The molecule has 0 aromatic carbocycles. The zero-order valence-corrected chi connectivity index (χ0v) is 10.7. The Kier molecular flexibility index (Phi) is 3.39. The van der Waals surface area contributed by atoms with Crippen LogP contribution in [0.4, 0.5) is 0 Å². The van der Waals surface area contributed by atoms with Crippen molar-refractivity contribution in [2.24, 2.45) is 0 Å². The Hall–Kier alpha value is -1.15. The van der Waals surface area contributed by atoms with E-state index in [9.17, 15) is 0 Å². The Morgan fingerprint density at radius 2 is 2.12 bits per heavy atom. The van der Waals surface area contributed by atoms with Gasteiger partial charge in [0.1, 0.15) is 5.82 Å². The quantitative estimate of drug-likeness (QED) is 0.825. The van der Waals surface area contributed by atoms with Crippen molar-refractivity contribution >= 4 is 23.3 Å². The van der Waals surface area contributed by atoms with E-state index in [1.165, 1.54) is 28.0 Å². The molecular weight excluding hydrogens is 244 g/mol. The molecule has 86 valence electrons. The van der Waals surface area contributed by atoms with Crippen LogP contribution in [0.1, 0.15) is 25.5 Å². The number of aryl methyl sites for hydroxylation is 2. The van der Waals surface area contributed by atoms with E-state index in [4.69, 9.17) is 5.84 Å². The van der Waals surface area contributed by atoms with Crippen LogP contribution in [0.5, 0.6) is 0 Å². The maximum Gasteiger partial charge on any atom is 0.216 e. The van der Waals surface area contributed by atoms with Gasteiger partial charge in [-0.2, -0.15) is 4.37 Å². The molecule has 0 aliphatic heterocycles. The van der Waals surface area contributed by atoms with Crippen molar-refractivity contribution in [2.45, 2.75) is 36.2 Å². The van der Waals surface area contributed by atoms with E-state index in [1.54, 1.807) is 0 Å². The van der Waals surface area contributed by atoms with Crippen LogP contribution in [-0.2, 0) is 12.8 Å². The van der Waals surface area contributed by atoms with Crippen LogP contribution < -0.4 is 5.84 Å². The highest BCUT2D eigenvalue weighted by Crippen LogP contribution is 2.26. The van der Waals surface area contributed by atoms with Gasteiger partial charge in [0, 0.05) is 12.8 Å². The molecule has 0 bridgehead atoms. The van der Waals surface area contributed by atoms with Crippen molar-refractivity contribution in [1.82, 2.24) is 24.2 Å². The summed E-state index contributed by atoms with van der Waals surface area (Å²) in [5, 5.41) is 8.64. The second kappa shape index (κ2) is 4.79. The van der Waals surface area contributed by atoms with Crippen molar-refractivity contribution in [3.8, 4) is 0 Å². The minimum absolute atomic E-state index is 0.649. The van der Waals surface area contributed by atoms with Gasteiger partial charge in [-0.1, -0.05) is 13.8 Å². The molecule has 2 aromatic rings. The highest BCUT2D eigenvalue weighted by atomic mass is 32.2. The van der Waals surface area contributed by atoms with E-state index < -0.39 is 0 Å². The minimum atomic E-state index is 0.649. The number of rotatable bonds is 4. The van der Waals surface area contributed by atoms with Gasteiger partial charge in [-0.05, 0) is 23.3 Å². The molecule has 0 saturated heterocycles. The fourth-order valence-corrected chi connectivity index (χ4v) is 2.70. The number of aromatic nitrogens is 5. The molecule has 8 heteroatoms. The molecule has 2 rings (SSSR count). The summed E-state index contributed by atoms with van der Waals surface area (Å²) in [7, 11) is 0. The van der Waals surface area contributed by atoms with Crippen molar-refractivity contribution in [1.29, 1.82) is 0 Å².